The van der Waals surface area contributed by atoms with Crippen molar-refractivity contribution in [1.82, 2.24) is 20.8 Å². The van der Waals surface area contributed by atoms with E-state index in [0.29, 0.717) is 36.2 Å². The summed E-state index contributed by atoms with van der Waals surface area (Å²) in [5, 5.41) is 10.0. The fourth-order valence-corrected chi connectivity index (χ4v) is 2.12. The highest BCUT2D eigenvalue weighted by atomic mass is 35.5. The number of urea groups is 1. The third-order valence-electron chi connectivity index (χ3n) is 3.23. The average Bonchev–Trinajstić information content (AvgIpc) is 3.25. The van der Waals surface area contributed by atoms with Crippen molar-refractivity contribution < 1.29 is 13.7 Å². The molecule has 24 heavy (non-hydrogen) atoms. The van der Waals surface area contributed by atoms with Crippen LogP contribution in [0.1, 0.15) is 11.5 Å². The highest BCUT2D eigenvalue weighted by Crippen LogP contribution is 2.18. The first-order valence-corrected chi connectivity index (χ1v) is 7.70. The van der Waals surface area contributed by atoms with Gasteiger partial charge in [0.2, 0.25) is 11.7 Å². The molecule has 0 aliphatic rings. The Morgan fingerprint density at radius 2 is 2.00 bits per heavy atom. The Bertz CT molecular complexity index is 784. The molecular weight excluding hydrogens is 332 g/mol. The van der Waals surface area contributed by atoms with Crippen LogP contribution in [0.15, 0.2) is 51.8 Å². The van der Waals surface area contributed by atoms with Gasteiger partial charge in [-0.2, -0.15) is 4.98 Å². The smallest absolute Gasteiger partial charge is 0.315 e. The van der Waals surface area contributed by atoms with Gasteiger partial charge in [-0.25, -0.2) is 4.79 Å². The molecule has 0 atom stereocenters. The summed E-state index contributed by atoms with van der Waals surface area (Å²) >= 11 is 5.85. The third-order valence-corrected chi connectivity index (χ3v) is 3.48. The maximum absolute atomic E-state index is 11.7. The number of amides is 2. The van der Waals surface area contributed by atoms with Gasteiger partial charge in [0.25, 0.3) is 0 Å². The molecule has 3 rings (SSSR count). The van der Waals surface area contributed by atoms with E-state index in [0.717, 1.165) is 11.1 Å². The molecule has 0 spiro atoms. The van der Waals surface area contributed by atoms with E-state index in [4.69, 9.17) is 20.5 Å². The molecule has 8 heteroatoms. The number of rotatable bonds is 6. The number of furan rings is 1. The van der Waals surface area contributed by atoms with Crippen molar-refractivity contribution in [2.45, 2.75) is 13.0 Å². The molecule has 0 aliphatic carbocycles. The molecule has 7 nitrogen and oxygen atoms in total. The standard InChI is InChI=1S/C16H15ClN4O3/c17-13-3-1-12(2-4-13)15-20-14(24-21-15)5-7-18-16(22)19-9-11-6-8-23-10-11/h1-4,6,8,10H,5,7,9H2,(H2,18,19,22). The van der Waals surface area contributed by atoms with Crippen molar-refractivity contribution in [1.29, 1.82) is 0 Å². The van der Waals surface area contributed by atoms with Gasteiger partial charge in [-0.05, 0) is 30.3 Å². The van der Waals surface area contributed by atoms with Gasteiger partial charge in [-0.1, -0.05) is 16.8 Å². The molecular formula is C16H15ClN4O3. The summed E-state index contributed by atoms with van der Waals surface area (Å²) in [4.78, 5) is 15.9. The van der Waals surface area contributed by atoms with E-state index >= 15 is 0 Å². The molecule has 0 saturated carbocycles. The molecule has 0 aliphatic heterocycles. The molecule has 3 aromatic rings. The first-order valence-electron chi connectivity index (χ1n) is 7.32. The fraction of sp³-hybridized carbons (Fsp3) is 0.188. The maximum atomic E-state index is 11.7. The lowest BCUT2D eigenvalue weighted by Crippen LogP contribution is -2.36. The van der Waals surface area contributed by atoms with Crippen molar-refractivity contribution in [2.24, 2.45) is 0 Å². The van der Waals surface area contributed by atoms with Gasteiger partial charge in [-0.15, -0.1) is 0 Å². The number of nitrogens with one attached hydrogen (secondary N) is 2. The van der Waals surface area contributed by atoms with E-state index in [1.807, 2.05) is 12.1 Å². The SMILES string of the molecule is O=C(NCCc1nc(-c2ccc(Cl)cc2)no1)NCc1ccoc1. The molecule has 0 saturated heterocycles. The Balaban J connectivity index is 1.43. The van der Waals surface area contributed by atoms with Crippen LogP contribution < -0.4 is 10.6 Å². The molecule has 0 unspecified atom stereocenters. The van der Waals surface area contributed by atoms with E-state index in [1.54, 1.807) is 30.7 Å². The third kappa shape index (κ3) is 4.36. The Morgan fingerprint density at radius 1 is 1.17 bits per heavy atom. The van der Waals surface area contributed by atoms with Crippen molar-refractivity contribution in [2.75, 3.05) is 6.54 Å². The zero-order chi connectivity index (χ0) is 16.8. The Labute approximate surface area is 143 Å². The van der Waals surface area contributed by atoms with Gasteiger partial charge < -0.3 is 19.6 Å². The number of halogens is 1. The second kappa shape index (κ2) is 7.65. The number of carbonyl (C=O) groups excluding carboxylic acids is 1. The predicted octanol–water partition coefficient (Wildman–Crippen LogP) is 3.02. The second-order valence-corrected chi connectivity index (χ2v) is 5.45. The molecule has 0 radical (unpaired) electrons. The normalized spacial score (nSPS) is 10.5. The van der Waals surface area contributed by atoms with E-state index in [2.05, 4.69) is 20.8 Å². The number of aromatic nitrogens is 2. The van der Waals surface area contributed by atoms with Crippen LogP contribution >= 0.6 is 11.6 Å². The highest BCUT2D eigenvalue weighted by Gasteiger charge is 2.09. The van der Waals surface area contributed by atoms with Crippen LogP contribution in [0, 0.1) is 0 Å². The monoisotopic (exact) mass is 346 g/mol. The Hall–Kier alpha value is -2.80. The zero-order valence-corrected chi connectivity index (χ0v) is 13.4. The lowest BCUT2D eigenvalue weighted by Gasteiger charge is -2.04. The van der Waals surface area contributed by atoms with E-state index < -0.39 is 0 Å². The number of benzene rings is 1. The van der Waals surface area contributed by atoms with Crippen molar-refractivity contribution in [3.8, 4) is 11.4 Å². The van der Waals surface area contributed by atoms with Crippen molar-refractivity contribution in [3.05, 3.63) is 59.3 Å². The van der Waals surface area contributed by atoms with Gasteiger partial charge in [0.1, 0.15) is 0 Å². The van der Waals surface area contributed by atoms with Crippen LogP contribution in [0.25, 0.3) is 11.4 Å². The average molecular weight is 347 g/mol. The topological polar surface area (TPSA) is 93.2 Å². The van der Waals surface area contributed by atoms with Crippen LogP contribution in [-0.4, -0.2) is 22.7 Å². The minimum atomic E-state index is -0.270. The number of carbonyl (C=O) groups is 1. The van der Waals surface area contributed by atoms with E-state index in [1.165, 1.54) is 0 Å². The molecule has 2 heterocycles. The molecule has 1 aromatic carbocycles. The highest BCUT2D eigenvalue weighted by molar-refractivity contribution is 6.30. The molecule has 2 N–H and O–H groups in total. The lowest BCUT2D eigenvalue weighted by atomic mass is 10.2. The summed E-state index contributed by atoms with van der Waals surface area (Å²) in [7, 11) is 0. The molecule has 0 fully saturated rings. The first kappa shape index (κ1) is 16.1. The minimum absolute atomic E-state index is 0.270. The summed E-state index contributed by atoms with van der Waals surface area (Å²) < 4.78 is 10.1. The van der Waals surface area contributed by atoms with Crippen molar-refractivity contribution >= 4 is 17.6 Å². The summed E-state index contributed by atoms with van der Waals surface area (Å²) in [5.41, 5.74) is 1.72. The largest absolute Gasteiger partial charge is 0.472 e. The Morgan fingerprint density at radius 3 is 2.75 bits per heavy atom. The quantitative estimate of drug-likeness (QED) is 0.715. The summed E-state index contributed by atoms with van der Waals surface area (Å²) in [6.07, 6.45) is 3.58. The lowest BCUT2D eigenvalue weighted by molar-refractivity contribution is 0.240. The number of nitrogens with zero attached hydrogens (tertiary/aromatic N) is 2. The number of hydrogen-bond donors (Lipinski definition) is 2. The molecule has 0 bridgehead atoms. The van der Waals surface area contributed by atoms with Crippen LogP contribution in [0.4, 0.5) is 4.79 Å². The van der Waals surface area contributed by atoms with Gasteiger partial charge in [-0.3, -0.25) is 0 Å². The summed E-state index contributed by atoms with van der Waals surface area (Å²) in [6, 6.07) is 8.68. The predicted molar refractivity (Wildman–Crippen MR) is 87.4 cm³/mol. The van der Waals surface area contributed by atoms with Crippen LogP contribution in [-0.2, 0) is 13.0 Å². The van der Waals surface area contributed by atoms with E-state index in [-0.39, 0.29) is 6.03 Å². The Kier molecular flexibility index (Phi) is 5.12. The van der Waals surface area contributed by atoms with Gasteiger partial charge in [0, 0.05) is 35.7 Å². The molecule has 124 valence electrons. The van der Waals surface area contributed by atoms with Gasteiger partial charge in [0.15, 0.2) is 0 Å². The first-order chi connectivity index (χ1) is 11.7. The maximum Gasteiger partial charge on any atom is 0.315 e. The molecule has 2 aromatic heterocycles. The second-order valence-electron chi connectivity index (χ2n) is 5.01. The van der Waals surface area contributed by atoms with E-state index in [9.17, 15) is 4.79 Å². The van der Waals surface area contributed by atoms with Crippen LogP contribution in [0.2, 0.25) is 5.02 Å². The zero-order valence-electron chi connectivity index (χ0n) is 12.7. The molecule has 2 amide bonds. The van der Waals surface area contributed by atoms with Crippen molar-refractivity contribution in [3.63, 3.8) is 0 Å². The minimum Gasteiger partial charge on any atom is -0.472 e. The summed E-state index contributed by atoms with van der Waals surface area (Å²) in [6.45, 7) is 0.795. The van der Waals surface area contributed by atoms with Gasteiger partial charge in [0.05, 0.1) is 12.5 Å². The van der Waals surface area contributed by atoms with Gasteiger partial charge >= 0.3 is 6.03 Å². The van der Waals surface area contributed by atoms with Crippen LogP contribution in [0.5, 0.6) is 0 Å². The number of hydrogen-bond acceptors (Lipinski definition) is 5. The fourth-order valence-electron chi connectivity index (χ4n) is 1.99. The summed E-state index contributed by atoms with van der Waals surface area (Å²) in [5.74, 6) is 0.946. The van der Waals surface area contributed by atoms with Crippen LogP contribution in [0.3, 0.4) is 0 Å².